The minimum Gasteiger partial charge on any atom is -0.371 e. The molecule has 1 saturated carbocycles. The maximum atomic E-state index is 4.86. The summed E-state index contributed by atoms with van der Waals surface area (Å²) in [5, 5.41) is 15.6. The van der Waals surface area contributed by atoms with E-state index in [1.807, 2.05) is 25.4 Å². The first-order valence-electron chi connectivity index (χ1n) is 14.0. The quantitative estimate of drug-likeness (QED) is 0.347. The van der Waals surface area contributed by atoms with Gasteiger partial charge < -0.3 is 10.2 Å². The average molecular weight is 509 g/mol. The number of nitrogens with zero attached hydrogens (tertiary/aromatic N) is 7. The van der Waals surface area contributed by atoms with E-state index >= 15 is 0 Å². The van der Waals surface area contributed by atoms with Gasteiger partial charge in [0.2, 0.25) is 5.95 Å². The Morgan fingerprint density at radius 3 is 2.55 bits per heavy atom. The lowest BCUT2D eigenvalue weighted by Crippen LogP contribution is -2.39. The largest absolute Gasteiger partial charge is 0.371 e. The first-order valence-corrected chi connectivity index (χ1v) is 14.0. The van der Waals surface area contributed by atoms with Crippen molar-refractivity contribution in [1.29, 1.82) is 0 Å². The Balaban J connectivity index is 1.10. The molecule has 0 bridgehead atoms. The second kappa shape index (κ2) is 11.3. The van der Waals surface area contributed by atoms with Crippen LogP contribution >= 0.6 is 0 Å². The smallest absolute Gasteiger partial charge is 0.223 e. The van der Waals surface area contributed by atoms with Gasteiger partial charge in [-0.25, -0.2) is 14.6 Å². The van der Waals surface area contributed by atoms with E-state index in [9.17, 15) is 0 Å². The lowest BCUT2D eigenvalue weighted by atomic mass is 9.77. The van der Waals surface area contributed by atoms with E-state index in [4.69, 9.17) is 4.98 Å². The monoisotopic (exact) mass is 508 g/mol. The molecular formula is C30H36N8. The number of aryl methyl sites for hydroxylation is 1. The molecule has 0 amide bonds. The maximum absolute atomic E-state index is 4.86. The number of aromatic nitrogens is 6. The predicted molar refractivity (Wildman–Crippen MR) is 151 cm³/mol. The van der Waals surface area contributed by atoms with Crippen molar-refractivity contribution in [2.75, 3.05) is 23.3 Å². The molecule has 2 aliphatic rings. The van der Waals surface area contributed by atoms with Crippen molar-refractivity contribution < 1.29 is 0 Å². The highest BCUT2D eigenvalue weighted by Gasteiger charge is 2.30. The van der Waals surface area contributed by atoms with Gasteiger partial charge in [0.25, 0.3) is 0 Å². The molecule has 0 spiro atoms. The van der Waals surface area contributed by atoms with E-state index in [0.717, 1.165) is 41.7 Å². The van der Waals surface area contributed by atoms with E-state index in [1.54, 1.807) is 4.68 Å². The fraction of sp³-hybridized carbons (Fsp3) is 0.433. The second-order valence-corrected chi connectivity index (χ2v) is 10.8. The van der Waals surface area contributed by atoms with Gasteiger partial charge in [-0.15, -0.1) is 5.10 Å². The molecule has 1 aliphatic carbocycles. The fourth-order valence-electron chi connectivity index (χ4n) is 6.26. The highest BCUT2D eigenvalue weighted by atomic mass is 15.5. The summed E-state index contributed by atoms with van der Waals surface area (Å²) in [6, 6.07) is 21.5. The molecule has 0 radical (unpaired) electrons. The van der Waals surface area contributed by atoms with E-state index in [0.29, 0.717) is 17.9 Å². The number of nitrogens with one attached hydrogen (secondary N) is 1. The highest BCUT2D eigenvalue weighted by molar-refractivity contribution is 5.61. The lowest BCUT2D eigenvalue weighted by Gasteiger charge is -2.39. The maximum Gasteiger partial charge on any atom is 0.223 e. The first kappa shape index (κ1) is 24.5. The van der Waals surface area contributed by atoms with Crippen LogP contribution in [0.3, 0.4) is 0 Å². The summed E-state index contributed by atoms with van der Waals surface area (Å²) in [6.07, 6.45) is 10.8. The van der Waals surface area contributed by atoms with Crippen molar-refractivity contribution in [2.45, 2.75) is 51.0 Å². The number of anilines is 2. The molecule has 1 aliphatic heterocycles. The van der Waals surface area contributed by atoms with Crippen LogP contribution in [0.4, 0.5) is 11.6 Å². The zero-order valence-corrected chi connectivity index (χ0v) is 22.1. The van der Waals surface area contributed by atoms with Crippen LogP contribution in [-0.2, 0) is 7.05 Å². The average Bonchev–Trinajstić information content (AvgIpc) is 3.41. The van der Waals surface area contributed by atoms with Crippen LogP contribution in [0.25, 0.3) is 22.6 Å². The van der Waals surface area contributed by atoms with Gasteiger partial charge in [-0.05, 0) is 84.7 Å². The predicted octanol–water partition coefficient (Wildman–Crippen LogP) is 5.61. The molecule has 196 valence electrons. The van der Waals surface area contributed by atoms with Gasteiger partial charge in [0.05, 0.1) is 5.69 Å². The Kier molecular flexibility index (Phi) is 7.29. The summed E-state index contributed by atoms with van der Waals surface area (Å²) < 4.78 is 1.71. The van der Waals surface area contributed by atoms with Crippen LogP contribution in [-0.4, -0.2) is 49.3 Å². The molecule has 8 heteroatoms. The fourth-order valence-corrected chi connectivity index (χ4v) is 6.26. The topological polar surface area (TPSA) is 84.7 Å². The molecule has 8 nitrogen and oxygen atoms in total. The molecule has 2 aromatic carbocycles. The highest BCUT2D eigenvalue weighted by Crippen LogP contribution is 2.35. The van der Waals surface area contributed by atoms with Gasteiger partial charge in [0, 0.05) is 49.2 Å². The summed E-state index contributed by atoms with van der Waals surface area (Å²) >= 11 is 0. The number of hydrogen-bond acceptors (Lipinski definition) is 7. The van der Waals surface area contributed by atoms with Crippen LogP contribution in [0, 0.1) is 11.8 Å². The van der Waals surface area contributed by atoms with Crippen LogP contribution in [0.15, 0.2) is 66.9 Å². The molecule has 6 rings (SSSR count). The van der Waals surface area contributed by atoms with Gasteiger partial charge >= 0.3 is 0 Å². The Bertz CT molecular complexity index is 1320. The van der Waals surface area contributed by atoms with Gasteiger partial charge in [-0.2, -0.15) is 0 Å². The number of rotatable bonds is 7. The van der Waals surface area contributed by atoms with Crippen molar-refractivity contribution >= 4 is 11.6 Å². The van der Waals surface area contributed by atoms with Crippen molar-refractivity contribution in [2.24, 2.45) is 18.9 Å². The van der Waals surface area contributed by atoms with Gasteiger partial charge in [0.1, 0.15) is 0 Å². The molecule has 1 saturated heterocycles. The number of tetrazole rings is 1. The summed E-state index contributed by atoms with van der Waals surface area (Å²) in [7, 11) is 1.87. The van der Waals surface area contributed by atoms with Gasteiger partial charge in [-0.3, -0.25) is 0 Å². The van der Waals surface area contributed by atoms with E-state index in [-0.39, 0.29) is 0 Å². The Hall–Kier alpha value is -3.81. The SMILES string of the molecule is Cn1nnnc1-c1ccc(N2CCC[C@H](C[C@@H]3CCCC[C@H]3Nc3nccc(-c4ccccc4)n3)C2)cc1. The summed E-state index contributed by atoms with van der Waals surface area (Å²) in [5.41, 5.74) is 4.43. The minimum absolute atomic E-state index is 0.435. The zero-order chi connectivity index (χ0) is 25.7. The normalized spacial score (nSPS) is 21.8. The number of piperidine rings is 1. The Morgan fingerprint density at radius 2 is 1.74 bits per heavy atom. The van der Waals surface area contributed by atoms with E-state index in [2.05, 4.69) is 79.3 Å². The second-order valence-electron chi connectivity index (χ2n) is 10.8. The molecule has 4 aromatic rings. The van der Waals surface area contributed by atoms with Gasteiger partial charge in [0.15, 0.2) is 5.82 Å². The van der Waals surface area contributed by atoms with Crippen molar-refractivity contribution in [3.05, 3.63) is 66.9 Å². The standard InChI is InChI=1S/C30H36N8/c1-37-29(34-35-36-37)24-13-15-26(16-14-24)38-19-7-8-22(21-38)20-25-11-5-6-12-27(25)32-30-31-18-17-28(33-30)23-9-3-2-4-10-23/h2-4,9-10,13-18,22,25,27H,5-8,11-12,19-21H2,1H3,(H,31,32,33)/t22-,25+,27-/m1/s1. The molecule has 0 unspecified atom stereocenters. The molecule has 3 atom stereocenters. The van der Waals surface area contributed by atoms with E-state index < -0.39 is 0 Å². The van der Waals surface area contributed by atoms with Crippen LogP contribution in [0.5, 0.6) is 0 Å². The molecular weight excluding hydrogens is 472 g/mol. The number of benzene rings is 2. The molecule has 2 aromatic heterocycles. The summed E-state index contributed by atoms with van der Waals surface area (Å²) in [6.45, 7) is 2.24. The van der Waals surface area contributed by atoms with Crippen LogP contribution in [0.1, 0.15) is 44.9 Å². The van der Waals surface area contributed by atoms with Crippen molar-refractivity contribution in [1.82, 2.24) is 30.2 Å². The molecule has 3 heterocycles. The number of hydrogen-bond donors (Lipinski definition) is 1. The Labute approximate surface area is 224 Å². The molecule has 1 N–H and O–H groups in total. The first-order chi connectivity index (χ1) is 18.7. The minimum atomic E-state index is 0.435. The third kappa shape index (κ3) is 5.54. The molecule has 2 fully saturated rings. The Morgan fingerprint density at radius 1 is 0.895 bits per heavy atom. The molecule has 38 heavy (non-hydrogen) atoms. The van der Waals surface area contributed by atoms with Crippen molar-refractivity contribution in [3.8, 4) is 22.6 Å². The summed E-state index contributed by atoms with van der Waals surface area (Å²) in [4.78, 5) is 12.0. The van der Waals surface area contributed by atoms with Gasteiger partial charge in [-0.1, -0.05) is 43.2 Å². The zero-order valence-electron chi connectivity index (χ0n) is 22.1. The van der Waals surface area contributed by atoms with Crippen LogP contribution in [0.2, 0.25) is 0 Å². The van der Waals surface area contributed by atoms with E-state index in [1.165, 1.54) is 50.6 Å². The lowest BCUT2D eigenvalue weighted by molar-refractivity contribution is 0.247. The third-order valence-corrected chi connectivity index (χ3v) is 8.21. The van der Waals surface area contributed by atoms with Crippen LogP contribution < -0.4 is 10.2 Å². The third-order valence-electron chi connectivity index (χ3n) is 8.21. The van der Waals surface area contributed by atoms with Crippen molar-refractivity contribution in [3.63, 3.8) is 0 Å². The summed E-state index contributed by atoms with van der Waals surface area (Å²) in [5.74, 6) is 2.91.